The van der Waals surface area contributed by atoms with Gasteiger partial charge in [-0.05, 0) is 41.3 Å². The molecule has 5 nitrogen and oxygen atoms in total. The van der Waals surface area contributed by atoms with Crippen molar-refractivity contribution in [2.75, 3.05) is 6.61 Å². The number of nitrogens with one attached hydrogen (secondary N) is 1. The monoisotopic (exact) mass is 370 g/mol. The number of thiazole rings is 1. The molecule has 0 radical (unpaired) electrons. The summed E-state index contributed by atoms with van der Waals surface area (Å²) >= 11 is 1.03. The molecule has 0 spiro atoms. The van der Waals surface area contributed by atoms with Crippen molar-refractivity contribution in [1.82, 2.24) is 9.97 Å². The first kappa shape index (κ1) is 18.2. The zero-order valence-corrected chi connectivity index (χ0v) is 15.7. The van der Waals surface area contributed by atoms with Crippen LogP contribution in [-0.4, -0.2) is 21.7 Å². The number of benzene rings is 1. The molecule has 1 aromatic carbocycles. The molecule has 6 heteroatoms. The first-order chi connectivity index (χ1) is 12.5. The molecule has 0 fully saturated rings. The molecule has 0 saturated carbocycles. The molecule has 2 N–H and O–H groups in total. The zero-order chi connectivity index (χ0) is 18.5. The fourth-order valence-electron chi connectivity index (χ4n) is 2.63. The van der Waals surface area contributed by atoms with Gasteiger partial charge in [-0.3, -0.25) is 14.8 Å². The second-order valence-corrected chi connectivity index (χ2v) is 7.51. The lowest BCUT2D eigenvalue weighted by Gasteiger charge is -2.09. The second-order valence-electron chi connectivity index (χ2n) is 6.44. The number of ether oxygens (including phenoxy) is 1. The molecule has 0 bridgehead atoms. The van der Waals surface area contributed by atoms with Crippen LogP contribution in [0.5, 0.6) is 11.6 Å². The fourth-order valence-corrected chi connectivity index (χ4v) is 3.39. The Morgan fingerprint density at radius 1 is 1.23 bits per heavy atom. The first-order valence-electron chi connectivity index (χ1n) is 8.59. The van der Waals surface area contributed by atoms with E-state index < -0.39 is 0 Å². The first-order valence-corrected chi connectivity index (χ1v) is 9.40. The maximum atomic E-state index is 11.2. The third-order valence-corrected chi connectivity index (χ3v) is 4.99. The van der Waals surface area contributed by atoms with Crippen molar-refractivity contribution < 1.29 is 9.84 Å². The summed E-state index contributed by atoms with van der Waals surface area (Å²) in [4.78, 5) is 18.4. The molecule has 0 amide bonds. The fraction of sp³-hybridized carbons (Fsp3) is 0.300. The van der Waals surface area contributed by atoms with E-state index in [-0.39, 0.29) is 10.8 Å². The maximum absolute atomic E-state index is 11.2. The number of aromatic nitrogens is 2. The largest absolute Gasteiger partial charge is 0.494 e. The highest BCUT2D eigenvalue weighted by molar-refractivity contribution is 7.09. The molecular weight excluding hydrogens is 348 g/mol. The van der Waals surface area contributed by atoms with E-state index in [0.717, 1.165) is 34.8 Å². The highest BCUT2D eigenvalue weighted by Crippen LogP contribution is 2.22. The lowest BCUT2D eigenvalue weighted by molar-refractivity contribution is 0.320. The molecule has 136 valence electrons. The Hall–Kier alpha value is -2.60. The van der Waals surface area contributed by atoms with Gasteiger partial charge in [-0.2, -0.15) is 0 Å². The summed E-state index contributed by atoms with van der Waals surface area (Å²) in [5.41, 5.74) is 3.33. The summed E-state index contributed by atoms with van der Waals surface area (Å²) in [5, 5.41) is 9.65. The lowest BCUT2D eigenvalue weighted by Crippen LogP contribution is -2.04. The molecule has 3 rings (SSSR count). The van der Waals surface area contributed by atoms with E-state index in [1.807, 2.05) is 36.5 Å². The van der Waals surface area contributed by atoms with Gasteiger partial charge in [0.1, 0.15) is 5.75 Å². The standard InChI is InChI=1S/C20H22N2O3S/c1-13(2)15-7-9-21-16(12-15)8-10-25-17-5-3-14(4-6-17)11-18-19(23)22-20(24)26-18/h3-7,9,12-13,23H,8,10-11H2,1-2H3,(H,22,24). The van der Waals surface area contributed by atoms with Crippen molar-refractivity contribution in [3.05, 3.63) is 74.0 Å². The molecule has 0 aliphatic heterocycles. The van der Waals surface area contributed by atoms with Crippen molar-refractivity contribution in [2.24, 2.45) is 0 Å². The third-order valence-electron chi connectivity index (χ3n) is 4.12. The summed E-state index contributed by atoms with van der Waals surface area (Å²) in [7, 11) is 0. The van der Waals surface area contributed by atoms with Crippen molar-refractivity contribution in [3.63, 3.8) is 0 Å². The van der Waals surface area contributed by atoms with Crippen LogP contribution < -0.4 is 9.61 Å². The number of nitrogens with zero attached hydrogens (tertiary/aromatic N) is 1. The van der Waals surface area contributed by atoms with Crippen LogP contribution in [0.15, 0.2) is 47.4 Å². The molecule has 0 aliphatic carbocycles. The summed E-state index contributed by atoms with van der Waals surface area (Å²) in [5.74, 6) is 1.24. The van der Waals surface area contributed by atoms with Crippen LogP contribution in [0.1, 0.15) is 41.5 Å². The van der Waals surface area contributed by atoms with E-state index >= 15 is 0 Å². The SMILES string of the molecule is CC(C)c1ccnc(CCOc2ccc(Cc3sc(=O)[nH]c3O)cc2)c1. The normalized spacial score (nSPS) is 11.0. The van der Waals surface area contributed by atoms with Crippen LogP contribution in [0.2, 0.25) is 0 Å². The molecule has 0 saturated heterocycles. The van der Waals surface area contributed by atoms with E-state index in [9.17, 15) is 9.90 Å². The van der Waals surface area contributed by atoms with Gasteiger partial charge in [0.2, 0.25) is 5.88 Å². The quantitative estimate of drug-likeness (QED) is 0.662. The van der Waals surface area contributed by atoms with E-state index in [1.54, 1.807) is 0 Å². The lowest BCUT2D eigenvalue weighted by atomic mass is 10.0. The van der Waals surface area contributed by atoms with Crippen LogP contribution in [0.3, 0.4) is 0 Å². The van der Waals surface area contributed by atoms with Gasteiger partial charge >= 0.3 is 4.87 Å². The average molecular weight is 370 g/mol. The topological polar surface area (TPSA) is 75.2 Å². The maximum Gasteiger partial charge on any atom is 0.307 e. The van der Waals surface area contributed by atoms with Gasteiger partial charge in [-0.25, -0.2) is 0 Å². The van der Waals surface area contributed by atoms with Gasteiger partial charge in [0.05, 0.1) is 11.5 Å². The van der Waals surface area contributed by atoms with Crippen LogP contribution in [0.4, 0.5) is 0 Å². The van der Waals surface area contributed by atoms with Gasteiger partial charge in [-0.1, -0.05) is 37.3 Å². The summed E-state index contributed by atoms with van der Waals surface area (Å²) < 4.78 is 5.80. The van der Waals surface area contributed by atoms with Gasteiger partial charge in [0.25, 0.3) is 0 Å². The number of aromatic hydroxyl groups is 1. The van der Waals surface area contributed by atoms with E-state index in [1.165, 1.54) is 5.56 Å². The minimum atomic E-state index is -0.243. The smallest absolute Gasteiger partial charge is 0.307 e. The molecule has 2 heterocycles. The summed E-state index contributed by atoms with van der Waals surface area (Å²) in [6.07, 6.45) is 3.12. The molecule has 3 aromatic rings. The van der Waals surface area contributed by atoms with Crippen LogP contribution in [-0.2, 0) is 12.8 Å². The molecule has 0 unspecified atom stereocenters. The van der Waals surface area contributed by atoms with Crippen LogP contribution in [0.25, 0.3) is 0 Å². The van der Waals surface area contributed by atoms with Gasteiger partial charge in [0, 0.05) is 24.7 Å². The highest BCUT2D eigenvalue weighted by atomic mass is 32.1. The van der Waals surface area contributed by atoms with Crippen LogP contribution >= 0.6 is 11.3 Å². The Balaban J connectivity index is 1.54. The number of aromatic amines is 1. The average Bonchev–Trinajstić information content (AvgIpc) is 2.94. The van der Waals surface area contributed by atoms with Gasteiger partial charge < -0.3 is 9.84 Å². The molecule has 26 heavy (non-hydrogen) atoms. The second kappa shape index (κ2) is 8.19. The molecule has 0 aliphatic rings. The number of H-pyrrole nitrogens is 1. The summed E-state index contributed by atoms with van der Waals surface area (Å²) in [6.45, 7) is 4.90. The van der Waals surface area contributed by atoms with E-state index in [0.29, 0.717) is 23.8 Å². The van der Waals surface area contributed by atoms with Crippen molar-refractivity contribution >= 4 is 11.3 Å². The Morgan fingerprint density at radius 2 is 2.00 bits per heavy atom. The molecule has 0 atom stereocenters. The predicted octanol–water partition coefficient (Wildman–Crippen LogP) is 3.87. The van der Waals surface area contributed by atoms with E-state index in [4.69, 9.17) is 4.74 Å². The van der Waals surface area contributed by atoms with E-state index in [2.05, 4.69) is 29.9 Å². The Bertz CT molecular complexity index is 913. The van der Waals surface area contributed by atoms with Crippen molar-refractivity contribution in [1.29, 1.82) is 0 Å². The van der Waals surface area contributed by atoms with Gasteiger partial charge in [-0.15, -0.1) is 0 Å². The summed E-state index contributed by atoms with van der Waals surface area (Å²) in [6, 6.07) is 11.9. The molecule has 2 aromatic heterocycles. The Morgan fingerprint density at radius 3 is 2.65 bits per heavy atom. The van der Waals surface area contributed by atoms with Gasteiger partial charge in [0.15, 0.2) is 0 Å². The predicted molar refractivity (Wildman–Crippen MR) is 103 cm³/mol. The number of pyridine rings is 1. The number of hydrogen-bond donors (Lipinski definition) is 2. The van der Waals surface area contributed by atoms with Crippen molar-refractivity contribution in [2.45, 2.75) is 32.6 Å². The zero-order valence-electron chi connectivity index (χ0n) is 14.9. The highest BCUT2D eigenvalue weighted by Gasteiger charge is 2.08. The van der Waals surface area contributed by atoms with Crippen molar-refractivity contribution in [3.8, 4) is 11.6 Å². The van der Waals surface area contributed by atoms with Crippen LogP contribution in [0, 0.1) is 0 Å². The Kier molecular flexibility index (Phi) is 5.73. The third kappa shape index (κ3) is 4.73. The minimum absolute atomic E-state index is 0.0449. The number of rotatable bonds is 7. The molecular formula is C20H22N2O3S. The number of hydrogen-bond acceptors (Lipinski definition) is 5. The Labute approximate surface area is 156 Å². The minimum Gasteiger partial charge on any atom is -0.494 e.